The molecular weight excluding hydrogens is 602 g/mol. The van der Waals surface area contributed by atoms with Gasteiger partial charge in [-0.15, -0.1) is 0 Å². The summed E-state index contributed by atoms with van der Waals surface area (Å²) >= 11 is 6.12. The lowest BCUT2D eigenvalue weighted by Crippen LogP contribution is -2.53. The van der Waals surface area contributed by atoms with E-state index in [4.69, 9.17) is 21.1 Å². The summed E-state index contributed by atoms with van der Waals surface area (Å²) in [6.07, 6.45) is 5.05. The number of aryl methyl sites for hydroxylation is 1. The van der Waals surface area contributed by atoms with Crippen molar-refractivity contribution in [2.45, 2.75) is 69.5 Å². The second-order valence-corrected chi connectivity index (χ2v) is 13.3. The first-order valence-electron chi connectivity index (χ1n) is 14.7. The Hall–Kier alpha value is -3.76. The molecule has 1 unspecified atom stereocenters. The fraction of sp³-hybridized carbons (Fsp3) is 0.394. The summed E-state index contributed by atoms with van der Waals surface area (Å²) in [7, 11) is -1.42. The molecule has 1 aliphatic carbocycles. The summed E-state index contributed by atoms with van der Waals surface area (Å²) in [6.45, 7) is 3.21. The van der Waals surface area contributed by atoms with Crippen LogP contribution >= 0.6 is 11.6 Å². The quantitative estimate of drug-likeness (QED) is 0.271. The van der Waals surface area contributed by atoms with Crippen LogP contribution in [0.15, 0.2) is 71.6 Å². The largest absolute Gasteiger partial charge is 0.493 e. The molecule has 1 N–H and O–H groups in total. The molecule has 1 fully saturated rings. The van der Waals surface area contributed by atoms with Crippen molar-refractivity contribution >= 4 is 39.1 Å². The second kappa shape index (κ2) is 14.8. The summed E-state index contributed by atoms with van der Waals surface area (Å²) in [6, 6.07) is 17.3. The van der Waals surface area contributed by atoms with E-state index in [1.165, 1.54) is 37.3 Å². The van der Waals surface area contributed by atoms with Gasteiger partial charge in [-0.1, -0.05) is 55.1 Å². The van der Waals surface area contributed by atoms with Gasteiger partial charge in [0.2, 0.25) is 11.8 Å². The van der Waals surface area contributed by atoms with Crippen LogP contribution in [0.5, 0.6) is 11.5 Å². The minimum absolute atomic E-state index is 0.0603. The number of benzene rings is 3. The molecule has 0 radical (unpaired) electrons. The SMILES string of the molecule is COc1ccc(S(=O)(=O)N(CC(=O)N(Cc2ccccc2C)C(C)C(=O)NC2CCCCC2)c2ccc(Cl)cc2)cc1OC. The number of nitrogens with zero attached hydrogens (tertiary/aromatic N) is 2. The molecule has 0 aliphatic heterocycles. The smallest absolute Gasteiger partial charge is 0.264 e. The molecule has 44 heavy (non-hydrogen) atoms. The van der Waals surface area contributed by atoms with Gasteiger partial charge in [-0.2, -0.15) is 0 Å². The van der Waals surface area contributed by atoms with Crippen molar-refractivity contribution in [3.63, 3.8) is 0 Å². The van der Waals surface area contributed by atoms with E-state index in [0.717, 1.165) is 47.5 Å². The van der Waals surface area contributed by atoms with Crippen molar-refractivity contribution in [1.29, 1.82) is 0 Å². The zero-order valence-electron chi connectivity index (χ0n) is 25.6. The average molecular weight is 642 g/mol. The third kappa shape index (κ3) is 7.84. The molecule has 11 heteroatoms. The minimum atomic E-state index is -4.30. The highest BCUT2D eigenvalue weighted by atomic mass is 35.5. The number of rotatable bonds is 12. The molecule has 0 heterocycles. The van der Waals surface area contributed by atoms with Crippen LogP contribution in [0.1, 0.15) is 50.2 Å². The Labute approximate surface area is 265 Å². The highest BCUT2D eigenvalue weighted by Crippen LogP contribution is 2.33. The summed E-state index contributed by atoms with van der Waals surface area (Å²) < 4.78 is 40.0. The average Bonchev–Trinajstić information content (AvgIpc) is 3.03. The number of sulfonamides is 1. The summed E-state index contributed by atoms with van der Waals surface area (Å²) in [5, 5.41) is 3.53. The molecular formula is C33H40ClN3O6S. The Morgan fingerprint density at radius 1 is 0.955 bits per heavy atom. The maximum Gasteiger partial charge on any atom is 0.264 e. The van der Waals surface area contributed by atoms with E-state index in [2.05, 4.69) is 5.32 Å². The Morgan fingerprint density at radius 2 is 1.61 bits per heavy atom. The predicted octanol–water partition coefficient (Wildman–Crippen LogP) is 5.73. The number of hydrogen-bond acceptors (Lipinski definition) is 6. The van der Waals surface area contributed by atoms with Crippen LogP contribution in [0.25, 0.3) is 0 Å². The van der Waals surface area contributed by atoms with Crippen molar-refractivity contribution in [1.82, 2.24) is 10.2 Å². The van der Waals surface area contributed by atoms with E-state index in [-0.39, 0.29) is 34.8 Å². The van der Waals surface area contributed by atoms with Gasteiger partial charge >= 0.3 is 0 Å². The molecule has 4 rings (SSSR count). The lowest BCUT2D eigenvalue weighted by atomic mass is 9.95. The molecule has 0 saturated heterocycles. The third-order valence-corrected chi connectivity index (χ3v) is 10.1. The Bertz CT molecular complexity index is 1560. The number of amides is 2. The van der Waals surface area contributed by atoms with E-state index in [0.29, 0.717) is 10.8 Å². The van der Waals surface area contributed by atoms with Crippen LogP contribution in [0.2, 0.25) is 5.02 Å². The van der Waals surface area contributed by atoms with Gasteiger partial charge in [0.1, 0.15) is 12.6 Å². The first-order valence-corrected chi connectivity index (χ1v) is 16.5. The fourth-order valence-corrected chi connectivity index (χ4v) is 6.92. The summed E-state index contributed by atoms with van der Waals surface area (Å²) in [5.41, 5.74) is 2.06. The minimum Gasteiger partial charge on any atom is -0.493 e. The molecule has 1 atom stereocenters. The first-order chi connectivity index (χ1) is 21.0. The highest BCUT2D eigenvalue weighted by molar-refractivity contribution is 7.92. The zero-order chi connectivity index (χ0) is 31.9. The summed E-state index contributed by atoms with van der Waals surface area (Å²) in [4.78, 5) is 29.1. The van der Waals surface area contributed by atoms with E-state index in [1.54, 1.807) is 31.2 Å². The number of hydrogen-bond donors (Lipinski definition) is 1. The normalized spacial score (nSPS) is 14.4. The van der Waals surface area contributed by atoms with Gasteiger partial charge in [-0.05, 0) is 74.2 Å². The van der Waals surface area contributed by atoms with Crippen LogP contribution in [0, 0.1) is 6.92 Å². The molecule has 3 aromatic carbocycles. The maximum absolute atomic E-state index is 14.2. The van der Waals surface area contributed by atoms with Gasteiger partial charge in [-0.25, -0.2) is 8.42 Å². The van der Waals surface area contributed by atoms with Crippen molar-refractivity contribution in [3.8, 4) is 11.5 Å². The molecule has 3 aromatic rings. The lowest BCUT2D eigenvalue weighted by Gasteiger charge is -2.33. The van der Waals surface area contributed by atoms with Gasteiger partial charge in [0, 0.05) is 23.7 Å². The fourth-order valence-electron chi connectivity index (χ4n) is 5.36. The Kier molecular flexibility index (Phi) is 11.2. The lowest BCUT2D eigenvalue weighted by molar-refractivity contribution is -0.139. The monoisotopic (exact) mass is 641 g/mol. The van der Waals surface area contributed by atoms with Gasteiger partial charge < -0.3 is 19.7 Å². The molecule has 0 bridgehead atoms. The van der Waals surface area contributed by atoms with Gasteiger partial charge in [0.15, 0.2) is 11.5 Å². The van der Waals surface area contributed by atoms with Crippen molar-refractivity contribution in [2.24, 2.45) is 0 Å². The van der Waals surface area contributed by atoms with Crippen LogP contribution in [0.4, 0.5) is 5.69 Å². The standard InChI is InChI=1S/C33H40ClN3O6S/c1-23-10-8-9-11-25(23)21-36(24(2)33(39)35-27-12-6-5-7-13-27)32(38)22-37(28-16-14-26(34)15-17-28)44(40,41)29-18-19-30(42-3)31(20-29)43-4/h8-11,14-20,24,27H,5-7,12-13,21-22H2,1-4H3,(H,35,39). The predicted molar refractivity (Wildman–Crippen MR) is 172 cm³/mol. The number of ether oxygens (including phenoxy) is 2. The first kappa shape index (κ1) is 33.1. The number of methoxy groups -OCH3 is 2. The van der Waals surface area contributed by atoms with Crippen LogP contribution in [0.3, 0.4) is 0 Å². The molecule has 2 amide bonds. The van der Waals surface area contributed by atoms with Crippen molar-refractivity contribution in [2.75, 3.05) is 25.1 Å². The van der Waals surface area contributed by atoms with Crippen molar-refractivity contribution in [3.05, 3.63) is 82.9 Å². The van der Waals surface area contributed by atoms with Gasteiger partial charge in [0.05, 0.1) is 24.8 Å². The molecule has 0 aromatic heterocycles. The van der Waals surface area contributed by atoms with Crippen LogP contribution in [-0.4, -0.2) is 58.0 Å². The number of halogens is 1. The van der Waals surface area contributed by atoms with E-state index >= 15 is 0 Å². The Balaban J connectivity index is 1.71. The van der Waals surface area contributed by atoms with Gasteiger partial charge in [0.25, 0.3) is 10.0 Å². The maximum atomic E-state index is 14.2. The second-order valence-electron chi connectivity index (χ2n) is 11.0. The molecule has 1 aliphatic rings. The number of nitrogens with one attached hydrogen (secondary N) is 1. The van der Waals surface area contributed by atoms with E-state index < -0.39 is 28.5 Å². The van der Waals surface area contributed by atoms with Gasteiger partial charge in [-0.3, -0.25) is 13.9 Å². The van der Waals surface area contributed by atoms with E-state index in [9.17, 15) is 18.0 Å². The Morgan fingerprint density at radius 3 is 2.25 bits per heavy atom. The zero-order valence-corrected chi connectivity index (χ0v) is 27.2. The third-order valence-electron chi connectivity index (χ3n) is 8.06. The molecule has 0 spiro atoms. The molecule has 1 saturated carbocycles. The van der Waals surface area contributed by atoms with Crippen molar-refractivity contribution < 1.29 is 27.5 Å². The number of carbonyl (C=O) groups is 2. The van der Waals surface area contributed by atoms with Crippen LogP contribution in [-0.2, 0) is 26.2 Å². The highest BCUT2D eigenvalue weighted by Gasteiger charge is 2.34. The number of anilines is 1. The van der Waals surface area contributed by atoms with E-state index in [1.807, 2.05) is 31.2 Å². The molecule has 9 nitrogen and oxygen atoms in total. The van der Waals surface area contributed by atoms with Crippen LogP contribution < -0.4 is 19.1 Å². The summed E-state index contributed by atoms with van der Waals surface area (Å²) in [5.74, 6) is -0.203. The topological polar surface area (TPSA) is 105 Å². The number of carbonyl (C=O) groups excluding carboxylic acids is 2. The molecule has 236 valence electrons.